The van der Waals surface area contributed by atoms with Crippen LogP contribution < -0.4 is 9.59 Å². The predicted octanol–water partition coefficient (Wildman–Crippen LogP) is 2.45. The van der Waals surface area contributed by atoms with Gasteiger partial charge in [0.25, 0.3) is 0 Å². The van der Waals surface area contributed by atoms with Crippen molar-refractivity contribution in [2.75, 3.05) is 53.4 Å². The zero-order valence-electron chi connectivity index (χ0n) is 19.1. The Morgan fingerprint density at radius 2 is 0.654 bits per heavy atom. The van der Waals surface area contributed by atoms with Crippen LogP contribution in [0.25, 0.3) is 0 Å². The minimum Gasteiger partial charge on any atom is -0.672 e. The zero-order valence-corrected chi connectivity index (χ0v) is 20.1. The summed E-state index contributed by atoms with van der Waals surface area (Å²) in [6.45, 7) is 21.8. The fourth-order valence-corrected chi connectivity index (χ4v) is 3.91. The molecule has 0 aliphatic heterocycles. The maximum Gasteiger partial charge on any atom is 0.0781 e. The van der Waals surface area contributed by atoms with Crippen molar-refractivity contribution >= 4 is 9.17 Å². The number of quaternary nitrogens is 2. The van der Waals surface area contributed by atoms with Gasteiger partial charge in [0.15, 0.2) is 0 Å². The van der Waals surface area contributed by atoms with Gasteiger partial charge in [-0.25, -0.2) is 0 Å². The molecule has 5 nitrogen and oxygen atoms in total. The lowest BCUT2D eigenvalue weighted by atomic mass is 10.2. The average molecular weight is 393 g/mol. The van der Waals surface area contributed by atoms with E-state index in [0.29, 0.717) is 0 Å². The molecule has 26 heavy (non-hydrogen) atoms. The number of hydrogen-bond acceptors (Lipinski definition) is 3. The molecule has 0 atom stereocenters. The van der Waals surface area contributed by atoms with E-state index >= 15 is 0 Å². The Labute approximate surface area is 166 Å². The second-order valence-corrected chi connectivity index (χ2v) is 8.33. The fourth-order valence-electron chi connectivity index (χ4n) is 3.91. The highest BCUT2D eigenvalue weighted by Gasteiger charge is 2.17. The van der Waals surface area contributed by atoms with Crippen LogP contribution >= 0.6 is 0 Å². The smallest absolute Gasteiger partial charge is 0.0781 e. The number of rotatable bonds is 12. The molecule has 0 aliphatic rings. The maximum absolute atomic E-state index is 8.52. The first kappa shape index (κ1) is 30.3. The van der Waals surface area contributed by atoms with Gasteiger partial charge in [-0.2, -0.15) is 0 Å². The minimum absolute atomic E-state index is 1.28. The average Bonchev–Trinajstić information content (AvgIpc) is 2.48. The van der Waals surface area contributed by atoms with E-state index in [0.717, 1.165) is 0 Å². The van der Waals surface area contributed by atoms with Gasteiger partial charge in [0.1, 0.15) is 0 Å². The van der Waals surface area contributed by atoms with Crippen molar-refractivity contribution in [2.45, 2.75) is 80.1 Å². The fraction of sp³-hybridized carbons (Fsp3) is 1.00. The van der Waals surface area contributed by atoms with Crippen LogP contribution in [0.15, 0.2) is 0 Å². The van der Waals surface area contributed by atoms with Gasteiger partial charge in [-0.05, 0) is 38.5 Å². The van der Waals surface area contributed by atoms with Crippen LogP contribution in [0, 0.1) is 0 Å². The van der Waals surface area contributed by atoms with Crippen molar-refractivity contribution in [3.63, 3.8) is 0 Å². The highest BCUT2D eigenvalue weighted by Crippen LogP contribution is 2.07. The van der Waals surface area contributed by atoms with E-state index in [-0.39, 0.29) is 0 Å². The molecule has 0 radical (unpaired) electrons. The Morgan fingerprint density at radius 1 is 0.538 bits per heavy atom. The molecule has 0 aromatic heterocycles. The maximum atomic E-state index is 8.52. The molecule has 0 heterocycles. The van der Waals surface area contributed by atoms with E-state index in [9.17, 15) is 0 Å². The first-order valence-corrected chi connectivity index (χ1v) is 11.9. The van der Waals surface area contributed by atoms with Crippen molar-refractivity contribution in [1.82, 2.24) is 0 Å². The van der Waals surface area contributed by atoms with E-state index in [1.807, 2.05) is 0 Å². The molecular formula is C20H48N2O3Si. The first-order valence-electron chi connectivity index (χ1n) is 10.6. The predicted molar refractivity (Wildman–Crippen MR) is 110 cm³/mol. The second kappa shape index (κ2) is 19.3. The summed E-state index contributed by atoms with van der Waals surface area (Å²) >= 11 is 0. The van der Waals surface area contributed by atoms with E-state index in [4.69, 9.17) is 14.1 Å². The van der Waals surface area contributed by atoms with Crippen LogP contribution in [0.4, 0.5) is 0 Å². The van der Waals surface area contributed by atoms with E-state index in [1.165, 1.54) is 86.8 Å². The summed E-state index contributed by atoms with van der Waals surface area (Å²) < 4.78 is 11.1. The Morgan fingerprint density at radius 3 is 0.731 bits per heavy atom. The third-order valence-electron chi connectivity index (χ3n) is 4.58. The van der Waals surface area contributed by atoms with Crippen molar-refractivity contribution in [2.24, 2.45) is 0 Å². The molecule has 0 bridgehead atoms. The van der Waals surface area contributed by atoms with Gasteiger partial charge in [0.2, 0.25) is 0 Å². The molecule has 0 saturated heterocycles. The second-order valence-electron chi connectivity index (χ2n) is 7.83. The molecule has 0 aromatic rings. The zero-order chi connectivity index (χ0) is 21.1. The normalized spacial score (nSPS) is 11.1. The Hall–Kier alpha value is -0.463. The molecule has 0 spiro atoms. The Balaban J connectivity index is -0.000000338. The van der Waals surface area contributed by atoms with Crippen LogP contribution in [0.1, 0.15) is 80.1 Å². The highest BCUT2D eigenvalue weighted by atomic mass is 28.3. The monoisotopic (exact) mass is 392 g/mol. The Bertz CT molecular complexity index is 253. The van der Waals surface area contributed by atoms with Crippen molar-refractivity contribution in [3.05, 3.63) is 0 Å². The molecule has 0 rings (SSSR count). The van der Waals surface area contributed by atoms with Gasteiger partial charge in [0, 0.05) is 9.17 Å². The van der Waals surface area contributed by atoms with Crippen LogP contribution in [0.2, 0.25) is 0 Å². The molecule has 160 valence electrons. The van der Waals surface area contributed by atoms with Crippen molar-refractivity contribution < 1.29 is 23.0 Å². The molecule has 0 amide bonds. The van der Waals surface area contributed by atoms with Crippen molar-refractivity contribution in [3.8, 4) is 0 Å². The largest absolute Gasteiger partial charge is 0.672 e. The third kappa shape index (κ3) is 21.6. The molecule has 0 aromatic carbocycles. The van der Waals surface area contributed by atoms with Crippen LogP contribution in [0.3, 0.4) is 0 Å². The quantitative estimate of drug-likeness (QED) is 0.378. The lowest BCUT2D eigenvalue weighted by Gasteiger charge is -2.33. The van der Waals surface area contributed by atoms with E-state index in [1.54, 1.807) is 0 Å². The molecule has 0 N–H and O–H groups in total. The SMILES string of the molecule is CCC[N+](C)(CCC)CCC.CCC[N+](C)(CCC)CCC.O=[Si]([O-])[O-]. The van der Waals surface area contributed by atoms with Gasteiger partial charge < -0.3 is 23.0 Å². The van der Waals surface area contributed by atoms with Crippen LogP contribution in [-0.2, 0) is 4.46 Å². The molecule has 0 unspecified atom stereocenters. The molecule has 0 fully saturated rings. The van der Waals surface area contributed by atoms with Crippen LogP contribution in [0.5, 0.6) is 0 Å². The standard InChI is InChI=1S/2C10H24N.O3Si/c2*1-5-8-11(4,9-6-2)10-7-3;1-4(2)3/h2*5-10H2,1-4H3;/q2*+1;-2. The summed E-state index contributed by atoms with van der Waals surface area (Å²) in [6.07, 6.45) is 7.90. The summed E-state index contributed by atoms with van der Waals surface area (Å²) in [5.41, 5.74) is 0. The molecule has 0 aliphatic carbocycles. The topological polar surface area (TPSA) is 63.2 Å². The number of hydrogen-bond donors (Lipinski definition) is 0. The van der Waals surface area contributed by atoms with Crippen LogP contribution in [-0.4, -0.2) is 71.5 Å². The van der Waals surface area contributed by atoms with Gasteiger partial charge in [-0.15, -0.1) is 0 Å². The van der Waals surface area contributed by atoms with E-state index < -0.39 is 9.17 Å². The lowest BCUT2D eigenvalue weighted by molar-refractivity contribution is -0.909. The summed E-state index contributed by atoms with van der Waals surface area (Å²) in [6, 6.07) is 0. The highest BCUT2D eigenvalue weighted by molar-refractivity contribution is 6.17. The van der Waals surface area contributed by atoms with Gasteiger partial charge in [-0.3, -0.25) is 0 Å². The van der Waals surface area contributed by atoms with Crippen molar-refractivity contribution in [1.29, 1.82) is 0 Å². The summed E-state index contributed by atoms with van der Waals surface area (Å²) in [7, 11) is 1.14. The summed E-state index contributed by atoms with van der Waals surface area (Å²) in [5.74, 6) is 0. The Kier molecular flexibility index (Phi) is 22.5. The number of nitrogens with zero attached hydrogens (tertiary/aromatic N) is 2. The van der Waals surface area contributed by atoms with Gasteiger partial charge in [-0.1, -0.05) is 41.5 Å². The lowest BCUT2D eigenvalue weighted by Crippen LogP contribution is -2.45. The third-order valence-corrected chi connectivity index (χ3v) is 4.58. The molecular weight excluding hydrogens is 344 g/mol. The van der Waals surface area contributed by atoms with Gasteiger partial charge in [0.05, 0.1) is 53.4 Å². The molecule has 6 heteroatoms. The summed E-state index contributed by atoms with van der Waals surface area (Å²) in [5, 5.41) is 0. The summed E-state index contributed by atoms with van der Waals surface area (Å²) in [4.78, 5) is 17.0. The minimum atomic E-state index is -3.63. The molecule has 0 saturated carbocycles. The first-order chi connectivity index (χ1) is 12.1. The van der Waals surface area contributed by atoms with E-state index in [2.05, 4.69) is 55.6 Å². The van der Waals surface area contributed by atoms with Gasteiger partial charge >= 0.3 is 0 Å².